The van der Waals surface area contributed by atoms with Gasteiger partial charge in [-0.25, -0.2) is 16.0 Å². The van der Waals surface area contributed by atoms with Gasteiger partial charge in [-0.2, -0.15) is 0 Å². The van der Waals surface area contributed by atoms with E-state index in [0.29, 0.717) is 25.0 Å². The van der Waals surface area contributed by atoms with Crippen molar-refractivity contribution in [2.75, 3.05) is 0 Å². The van der Waals surface area contributed by atoms with Crippen molar-refractivity contribution in [3.63, 3.8) is 0 Å². The Morgan fingerprint density at radius 3 is 2.42 bits per heavy atom. The molecule has 1 heterocycles. The Morgan fingerprint density at radius 2 is 1.89 bits per heavy atom. The van der Waals surface area contributed by atoms with Crippen LogP contribution in [0.1, 0.15) is 76.6 Å². The number of aryl methyl sites for hydroxylation is 2. The fraction of sp³-hybridized carbons (Fsp3) is 0.577. The molecule has 0 fully saturated rings. The monoisotopic (exact) mass is 500 g/mol. The number of nitrogens with two attached hydrogens (primary N) is 1. The van der Waals surface area contributed by atoms with Gasteiger partial charge >= 0.3 is 0 Å². The Kier molecular flexibility index (Phi) is 11.2. The van der Waals surface area contributed by atoms with E-state index >= 15 is 0 Å². The third-order valence-corrected chi connectivity index (χ3v) is 6.94. The van der Waals surface area contributed by atoms with Crippen LogP contribution < -0.4 is 16.7 Å². The Balaban J connectivity index is 2.55. The van der Waals surface area contributed by atoms with E-state index in [1.807, 2.05) is 51.1 Å². The molecule has 1 unspecified atom stereocenters. The van der Waals surface area contributed by atoms with Crippen molar-refractivity contribution in [3.05, 3.63) is 47.8 Å². The van der Waals surface area contributed by atoms with E-state index in [1.54, 1.807) is 18.6 Å². The van der Waals surface area contributed by atoms with Crippen molar-refractivity contribution >= 4 is 17.6 Å². The van der Waals surface area contributed by atoms with Crippen LogP contribution in [-0.2, 0) is 20.8 Å². The number of hydrogen-bond acceptors (Lipinski definition) is 7. The van der Waals surface area contributed by atoms with Crippen LogP contribution in [0.15, 0.2) is 36.5 Å². The van der Waals surface area contributed by atoms with Crippen molar-refractivity contribution in [2.45, 2.75) is 78.7 Å². The third-order valence-electron chi connectivity index (χ3n) is 6.94. The SMILES string of the molecule is CCCC(C[C@@H](C)CC)(C(=O)NN)C(=O)[C@@H]([C@H](CCCc1ccccc1)C(=O)NO)n1cc(C)nn1. The first-order valence-corrected chi connectivity index (χ1v) is 12.7. The first kappa shape index (κ1) is 29.1. The first-order valence-electron chi connectivity index (χ1n) is 12.7. The van der Waals surface area contributed by atoms with Gasteiger partial charge in [0.25, 0.3) is 0 Å². The van der Waals surface area contributed by atoms with Gasteiger partial charge in [0.2, 0.25) is 11.8 Å². The largest absolute Gasteiger partial charge is 0.296 e. The lowest BCUT2D eigenvalue weighted by atomic mass is 9.67. The molecule has 1 aromatic heterocycles. The van der Waals surface area contributed by atoms with Gasteiger partial charge in [0.05, 0.1) is 11.6 Å². The van der Waals surface area contributed by atoms with E-state index in [9.17, 15) is 19.6 Å². The van der Waals surface area contributed by atoms with E-state index in [4.69, 9.17) is 5.84 Å². The molecular formula is C26H40N6O4. The summed E-state index contributed by atoms with van der Waals surface area (Å²) in [6.07, 6.45) is 5.00. The Morgan fingerprint density at radius 1 is 1.19 bits per heavy atom. The lowest BCUT2D eigenvalue weighted by molar-refractivity contribution is -0.151. The quantitative estimate of drug-likeness (QED) is 0.0964. The second kappa shape index (κ2) is 13.8. The molecule has 0 bridgehead atoms. The Bertz CT molecular complexity index is 995. The molecule has 10 nitrogen and oxygen atoms in total. The molecule has 0 aliphatic rings. The van der Waals surface area contributed by atoms with Crippen LogP contribution in [0.2, 0.25) is 0 Å². The molecule has 4 atom stereocenters. The number of hydrogen-bond donors (Lipinski definition) is 4. The summed E-state index contributed by atoms with van der Waals surface area (Å²) in [4.78, 5) is 40.7. The summed E-state index contributed by atoms with van der Waals surface area (Å²) < 4.78 is 1.35. The molecule has 10 heteroatoms. The van der Waals surface area contributed by atoms with Crippen LogP contribution in [-0.4, -0.2) is 37.8 Å². The van der Waals surface area contributed by atoms with Gasteiger partial charge in [0, 0.05) is 6.20 Å². The van der Waals surface area contributed by atoms with Crippen LogP contribution in [0.3, 0.4) is 0 Å². The highest BCUT2D eigenvalue weighted by Gasteiger charge is 2.51. The van der Waals surface area contributed by atoms with Gasteiger partial charge in [0.1, 0.15) is 11.5 Å². The van der Waals surface area contributed by atoms with E-state index in [0.717, 1.165) is 12.0 Å². The average molecular weight is 501 g/mol. The number of hydroxylamine groups is 1. The summed E-state index contributed by atoms with van der Waals surface area (Å²) in [7, 11) is 0. The number of aromatic nitrogens is 3. The summed E-state index contributed by atoms with van der Waals surface area (Å²) in [5, 5.41) is 17.7. The van der Waals surface area contributed by atoms with Crippen molar-refractivity contribution < 1.29 is 19.6 Å². The molecule has 198 valence electrons. The highest BCUT2D eigenvalue weighted by molar-refractivity contribution is 6.08. The van der Waals surface area contributed by atoms with Gasteiger partial charge < -0.3 is 0 Å². The predicted molar refractivity (Wildman–Crippen MR) is 135 cm³/mol. The number of amides is 2. The standard InChI is InChI=1S/C26H40N6O4/c1-5-15-26(25(35)28-27,16-18(3)6-2)23(33)22(32-17-19(4)29-31-32)21(24(34)30-36)14-10-13-20-11-8-7-9-12-20/h7-9,11-12,17-18,21-22,36H,5-6,10,13-16,27H2,1-4H3,(H,28,35)(H,30,34)/t18-,21-,22+,26?/m0/s1. The maximum atomic E-state index is 14.4. The summed E-state index contributed by atoms with van der Waals surface area (Å²) in [6, 6.07) is 8.65. The maximum Gasteiger partial charge on any atom is 0.249 e. The molecule has 2 rings (SSSR count). The van der Waals surface area contributed by atoms with Gasteiger partial charge in [-0.15, -0.1) is 5.10 Å². The molecule has 1 aromatic carbocycles. The number of carbonyl (C=O) groups is 3. The van der Waals surface area contributed by atoms with E-state index in [1.165, 1.54) is 4.68 Å². The Labute approximate surface area is 212 Å². The number of nitrogens with one attached hydrogen (secondary N) is 2. The molecule has 0 spiro atoms. The molecular weight excluding hydrogens is 460 g/mol. The zero-order valence-electron chi connectivity index (χ0n) is 21.7. The number of hydrazine groups is 1. The van der Waals surface area contributed by atoms with Gasteiger partial charge in [-0.3, -0.25) is 25.0 Å². The minimum absolute atomic E-state index is 0.0548. The highest BCUT2D eigenvalue weighted by atomic mass is 16.5. The van der Waals surface area contributed by atoms with Gasteiger partial charge in [-0.1, -0.05) is 69.2 Å². The molecule has 36 heavy (non-hydrogen) atoms. The molecule has 2 aromatic rings. The lowest BCUT2D eigenvalue weighted by Gasteiger charge is -2.37. The molecule has 0 aliphatic carbocycles. The first-order chi connectivity index (χ1) is 17.2. The van der Waals surface area contributed by atoms with Crippen molar-refractivity contribution in [1.29, 1.82) is 0 Å². The minimum atomic E-state index is -1.46. The van der Waals surface area contributed by atoms with Gasteiger partial charge in [0.15, 0.2) is 5.78 Å². The maximum absolute atomic E-state index is 14.4. The van der Waals surface area contributed by atoms with Crippen LogP contribution in [0.5, 0.6) is 0 Å². The fourth-order valence-corrected chi connectivity index (χ4v) is 4.91. The number of benzene rings is 1. The molecule has 5 N–H and O–H groups in total. The molecule has 0 radical (unpaired) electrons. The second-order valence-electron chi connectivity index (χ2n) is 9.63. The van der Waals surface area contributed by atoms with Crippen LogP contribution in [0.25, 0.3) is 0 Å². The number of rotatable bonds is 15. The summed E-state index contributed by atoms with van der Waals surface area (Å²) in [5.74, 6) is 2.92. The van der Waals surface area contributed by atoms with E-state index in [-0.39, 0.29) is 25.2 Å². The van der Waals surface area contributed by atoms with Crippen LogP contribution in [0, 0.1) is 24.2 Å². The predicted octanol–water partition coefficient (Wildman–Crippen LogP) is 3.05. The smallest absolute Gasteiger partial charge is 0.249 e. The lowest BCUT2D eigenvalue weighted by Crippen LogP contribution is -2.54. The number of Topliss-reactive ketones (excluding diaryl/α,β-unsaturated/α-hetero) is 1. The molecule has 0 saturated heterocycles. The second-order valence-corrected chi connectivity index (χ2v) is 9.63. The topological polar surface area (TPSA) is 152 Å². The molecule has 0 aliphatic heterocycles. The van der Waals surface area contributed by atoms with Gasteiger partial charge in [-0.05, 0) is 50.5 Å². The average Bonchev–Trinajstić information content (AvgIpc) is 3.32. The van der Waals surface area contributed by atoms with E-state index in [2.05, 4.69) is 15.7 Å². The third kappa shape index (κ3) is 6.98. The summed E-state index contributed by atoms with van der Waals surface area (Å²) in [5.41, 5.74) is 4.13. The van der Waals surface area contributed by atoms with Crippen LogP contribution in [0.4, 0.5) is 0 Å². The highest BCUT2D eigenvalue weighted by Crippen LogP contribution is 2.41. The fourth-order valence-electron chi connectivity index (χ4n) is 4.91. The molecule has 0 saturated carbocycles. The minimum Gasteiger partial charge on any atom is -0.296 e. The van der Waals surface area contributed by atoms with Crippen LogP contribution >= 0.6 is 0 Å². The van der Waals surface area contributed by atoms with Crippen molar-refractivity contribution in [3.8, 4) is 0 Å². The normalized spacial score (nSPS) is 15.4. The summed E-state index contributed by atoms with van der Waals surface area (Å²) in [6.45, 7) is 7.60. The zero-order chi connectivity index (χ0) is 26.7. The summed E-state index contributed by atoms with van der Waals surface area (Å²) >= 11 is 0. The van der Waals surface area contributed by atoms with Crippen molar-refractivity contribution in [2.24, 2.45) is 23.1 Å². The number of nitrogens with zero attached hydrogens (tertiary/aromatic N) is 3. The molecule has 2 amide bonds. The number of ketones is 1. The zero-order valence-corrected chi connectivity index (χ0v) is 21.7. The van der Waals surface area contributed by atoms with E-state index < -0.39 is 35.0 Å². The number of carbonyl (C=O) groups excluding carboxylic acids is 3. The Hall–Kier alpha value is -3.11. The van der Waals surface area contributed by atoms with Crippen molar-refractivity contribution in [1.82, 2.24) is 25.9 Å².